The molecule has 0 atom stereocenters. The number of nitrogens with zero attached hydrogens (tertiary/aromatic N) is 5. The van der Waals surface area contributed by atoms with Gasteiger partial charge in [-0.15, -0.1) is 0 Å². The van der Waals surface area contributed by atoms with Crippen LogP contribution in [0.4, 0.5) is 28.7 Å². The zero-order valence-electron chi connectivity index (χ0n) is 17.1. The summed E-state index contributed by atoms with van der Waals surface area (Å²) in [5.41, 5.74) is 1.77. The molecule has 1 aliphatic heterocycles. The number of hydrogen-bond acceptors (Lipinski definition) is 8. The van der Waals surface area contributed by atoms with Gasteiger partial charge in [0.05, 0.1) is 24.5 Å². The van der Waals surface area contributed by atoms with Crippen LogP contribution in [0.3, 0.4) is 0 Å². The number of anilines is 4. The van der Waals surface area contributed by atoms with Crippen molar-refractivity contribution < 1.29 is 9.66 Å². The maximum absolute atomic E-state index is 11.5. The van der Waals surface area contributed by atoms with Gasteiger partial charge in [0.1, 0.15) is 5.82 Å². The van der Waals surface area contributed by atoms with Crippen LogP contribution in [-0.2, 0) is 11.3 Å². The Bertz CT molecular complexity index is 987. The summed E-state index contributed by atoms with van der Waals surface area (Å²) in [5.74, 6) is 0.799. The SMILES string of the molecule is O=[N+]([O-])c1ccc(NCCCn2ccnc2)nc1Nc1ccc(N2CCOCC2)cc1. The van der Waals surface area contributed by atoms with Gasteiger partial charge in [-0.2, -0.15) is 0 Å². The summed E-state index contributed by atoms with van der Waals surface area (Å²) in [7, 11) is 0. The van der Waals surface area contributed by atoms with Gasteiger partial charge in [-0.05, 0) is 36.8 Å². The molecule has 1 aliphatic rings. The maximum Gasteiger partial charge on any atom is 0.311 e. The number of nitro groups is 1. The number of hydrogen-bond donors (Lipinski definition) is 2. The number of aromatic nitrogens is 3. The van der Waals surface area contributed by atoms with Gasteiger partial charge in [0, 0.05) is 56.0 Å². The molecule has 31 heavy (non-hydrogen) atoms. The van der Waals surface area contributed by atoms with Crippen molar-refractivity contribution in [3.63, 3.8) is 0 Å². The van der Waals surface area contributed by atoms with Crippen molar-refractivity contribution in [2.75, 3.05) is 48.4 Å². The molecule has 10 heteroatoms. The van der Waals surface area contributed by atoms with Crippen molar-refractivity contribution in [3.8, 4) is 0 Å². The molecule has 0 aliphatic carbocycles. The molecule has 0 radical (unpaired) electrons. The lowest BCUT2D eigenvalue weighted by Crippen LogP contribution is -2.36. The van der Waals surface area contributed by atoms with Gasteiger partial charge in [0.2, 0.25) is 5.82 Å². The highest BCUT2D eigenvalue weighted by Gasteiger charge is 2.17. The average Bonchev–Trinajstić information content (AvgIpc) is 3.31. The average molecular weight is 423 g/mol. The zero-order valence-corrected chi connectivity index (χ0v) is 17.1. The molecule has 1 aromatic carbocycles. The van der Waals surface area contributed by atoms with Crippen molar-refractivity contribution in [2.45, 2.75) is 13.0 Å². The quantitative estimate of drug-likeness (QED) is 0.307. The van der Waals surface area contributed by atoms with Gasteiger partial charge >= 0.3 is 5.69 Å². The second kappa shape index (κ2) is 9.90. The first kappa shape index (κ1) is 20.6. The van der Waals surface area contributed by atoms with Gasteiger partial charge in [-0.3, -0.25) is 10.1 Å². The Morgan fingerprint density at radius 2 is 1.94 bits per heavy atom. The van der Waals surface area contributed by atoms with Gasteiger partial charge in [-0.1, -0.05) is 0 Å². The summed E-state index contributed by atoms with van der Waals surface area (Å²) in [6.07, 6.45) is 6.31. The highest BCUT2D eigenvalue weighted by atomic mass is 16.6. The number of morpholine rings is 1. The van der Waals surface area contributed by atoms with E-state index in [0.717, 1.165) is 50.6 Å². The summed E-state index contributed by atoms with van der Waals surface area (Å²) in [4.78, 5) is 21.7. The summed E-state index contributed by atoms with van der Waals surface area (Å²) in [6, 6.07) is 10.9. The van der Waals surface area contributed by atoms with Crippen LogP contribution >= 0.6 is 0 Å². The van der Waals surface area contributed by atoms with Gasteiger partial charge in [-0.25, -0.2) is 9.97 Å². The van der Waals surface area contributed by atoms with Gasteiger partial charge in [0.15, 0.2) is 0 Å². The largest absolute Gasteiger partial charge is 0.378 e. The molecule has 0 bridgehead atoms. The van der Waals surface area contributed by atoms with E-state index < -0.39 is 4.92 Å². The highest BCUT2D eigenvalue weighted by Crippen LogP contribution is 2.28. The fourth-order valence-electron chi connectivity index (χ4n) is 3.40. The lowest BCUT2D eigenvalue weighted by atomic mass is 10.2. The molecule has 0 unspecified atom stereocenters. The van der Waals surface area contributed by atoms with Crippen molar-refractivity contribution in [1.29, 1.82) is 0 Å². The van der Waals surface area contributed by atoms with Crippen LogP contribution in [0.5, 0.6) is 0 Å². The molecule has 1 fully saturated rings. The Morgan fingerprint density at radius 3 is 2.65 bits per heavy atom. The lowest BCUT2D eigenvalue weighted by molar-refractivity contribution is -0.384. The fourth-order valence-corrected chi connectivity index (χ4v) is 3.40. The Labute approximate surface area is 180 Å². The first-order valence-corrected chi connectivity index (χ1v) is 10.2. The molecule has 2 aromatic heterocycles. The minimum absolute atomic E-state index is 0.0683. The minimum atomic E-state index is -0.430. The number of rotatable bonds is 9. The van der Waals surface area contributed by atoms with Gasteiger partial charge < -0.3 is 24.8 Å². The molecule has 2 N–H and O–H groups in total. The second-order valence-corrected chi connectivity index (χ2v) is 7.17. The Kier molecular flexibility index (Phi) is 6.58. The second-order valence-electron chi connectivity index (χ2n) is 7.17. The Balaban J connectivity index is 1.40. The molecule has 3 heterocycles. The van der Waals surface area contributed by atoms with Crippen LogP contribution in [0, 0.1) is 10.1 Å². The monoisotopic (exact) mass is 423 g/mol. The van der Waals surface area contributed by atoms with Crippen LogP contribution in [-0.4, -0.2) is 52.3 Å². The molecular weight excluding hydrogens is 398 g/mol. The van der Waals surface area contributed by atoms with Crippen LogP contribution < -0.4 is 15.5 Å². The van der Waals surface area contributed by atoms with Crippen molar-refractivity contribution in [1.82, 2.24) is 14.5 Å². The molecule has 0 saturated carbocycles. The van der Waals surface area contributed by atoms with E-state index in [-0.39, 0.29) is 11.5 Å². The lowest BCUT2D eigenvalue weighted by Gasteiger charge is -2.28. The molecule has 0 amide bonds. The third-order valence-electron chi connectivity index (χ3n) is 5.04. The van der Waals surface area contributed by atoms with Crippen molar-refractivity contribution in [2.24, 2.45) is 0 Å². The standard InChI is InChI=1S/C21H25N7O3/c29-28(30)19-6-7-20(23-8-1-10-26-11-9-22-16-26)25-21(19)24-17-2-4-18(5-3-17)27-12-14-31-15-13-27/h2-7,9,11,16H,1,8,10,12-15H2,(H2,23,24,25). The number of aryl methyl sites for hydroxylation is 1. The molecule has 0 spiro atoms. The van der Waals surface area contributed by atoms with Crippen molar-refractivity contribution in [3.05, 3.63) is 65.2 Å². The van der Waals surface area contributed by atoms with E-state index in [1.54, 1.807) is 18.6 Å². The van der Waals surface area contributed by atoms with E-state index in [0.29, 0.717) is 12.4 Å². The summed E-state index contributed by atoms with van der Waals surface area (Å²) in [5, 5.41) is 17.8. The summed E-state index contributed by atoms with van der Waals surface area (Å²) in [6.45, 7) is 4.68. The molecule has 1 saturated heterocycles. The molecule has 162 valence electrons. The third kappa shape index (κ3) is 5.48. The van der Waals surface area contributed by atoms with E-state index in [2.05, 4.69) is 25.5 Å². The van der Waals surface area contributed by atoms with E-state index in [1.807, 2.05) is 35.0 Å². The smallest absolute Gasteiger partial charge is 0.311 e. The maximum atomic E-state index is 11.5. The Hall–Kier alpha value is -3.66. The number of benzene rings is 1. The zero-order chi connectivity index (χ0) is 21.5. The number of nitrogens with one attached hydrogen (secondary N) is 2. The molecule has 10 nitrogen and oxygen atoms in total. The molecule has 4 rings (SSSR count). The van der Waals surface area contributed by atoms with E-state index in [1.165, 1.54) is 6.07 Å². The molecular formula is C21H25N7O3. The first-order valence-electron chi connectivity index (χ1n) is 10.2. The van der Waals surface area contributed by atoms with Crippen LogP contribution in [0.15, 0.2) is 55.1 Å². The number of pyridine rings is 1. The number of imidazole rings is 1. The summed E-state index contributed by atoms with van der Waals surface area (Å²) < 4.78 is 7.39. The van der Waals surface area contributed by atoms with Crippen LogP contribution in [0.25, 0.3) is 0 Å². The Morgan fingerprint density at radius 1 is 1.13 bits per heavy atom. The predicted octanol–water partition coefficient (Wildman–Crippen LogP) is 3.27. The van der Waals surface area contributed by atoms with E-state index in [9.17, 15) is 10.1 Å². The van der Waals surface area contributed by atoms with E-state index >= 15 is 0 Å². The van der Waals surface area contributed by atoms with Crippen LogP contribution in [0.2, 0.25) is 0 Å². The van der Waals surface area contributed by atoms with Crippen molar-refractivity contribution >= 4 is 28.7 Å². The van der Waals surface area contributed by atoms with E-state index in [4.69, 9.17) is 4.74 Å². The van der Waals surface area contributed by atoms with Gasteiger partial charge in [0.25, 0.3) is 0 Å². The first-order chi connectivity index (χ1) is 15.2. The highest BCUT2D eigenvalue weighted by molar-refractivity contribution is 5.69. The number of ether oxygens (including phenoxy) is 1. The minimum Gasteiger partial charge on any atom is -0.378 e. The fraction of sp³-hybridized carbons (Fsp3) is 0.333. The normalized spacial score (nSPS) is 13.7. The molecule has 3 aromatic rings. The predicted molar refractivity (Wildman–Crippen MR) is 119 cm³/mol. The van der Waals surface area contributed by atoms with Crippen LogP contribution in [0.1, 0.15) is 6.42 Å². The summed E-state index contributed by atoms with van der Waals surface area (Å²) >= 11 is 0. The third-order valence-corrected chi connectivity index (χ3v) is 5.04. The topological polar surface area (TPSA) is 110 Å².